The zero-order valence-electron chi connectivity index (χ0n) is 17.1. The molecule has 0 aliphatic carbocycles. The van der Waals surface area contributed by atoms with Gasteiger partial charge in [0.2, 0.25) is 5.95 Å². The van der Waals surface area contributed by atoms with E-state index in [0.717, 1.165) is 45.9 Å². The van der Waals surface area contributed by atoms with Gasteiger partial charge in [-0.1, -0.05) is 54.6 Å². The van der Waals surface area contributed by atoms with Gasteiger partial charge in [0.1, 0.15) is 5.01 Å². The van der Waals surface area contributed by atoms with Crippen molar-refractivity contribution in [2.75, 3.05) is 18.0 Å². The van der Waals surface area contributed by atoms with Gasteiger partial charge in [-0.25, -0.2) is 15.0 Å². The van der Waals surface area contributed by atoms with Gasteiger partial charge in [0.25, 0.3) is 0 Å². The fraction of sp³-hybridized carbons (Fsp3) is 0.240. The topological polar surface area (TPSA) is 41.9 Å². The minimum atomic E-state index is 0.841. The molecule has 5 heteroatoms. The zero-order chi connectivity index (χ0) is 20.3. The molecule has 2 aromatic carbocycles. The van der Waals surface area contributed by atoms with Crippen molar-refractivity contribution in [2.24, 2.45) is 0 Å². The van der Waals surface area contributed by atoms with E-state index in [9.17, 15) is 0 Å². The Kier molecular flexibility index (Phi) is 5.28. The van der Waals surface area contributed by atoms with E-state index >= 15 is 0 Å². The van der Waals surface area contributed by atoms with Gasteiger partial charge in [0.05, 0.1) is 16.3 Å². The summed E-state index contributed by atoms with van der Waals surface area (Å²) in [6, 6.07) is 21.1. The molecule has 5 rings (SSSR count). The van der Waals surface area contributed by atoms with Gasteiger partial charge in [-0.05, 0) is 43.4 Å². The van der Waals surface area contributed by atoms with E-state index in [4.69, 9.17) is 9.97 Å². The van der Waals surface area contributed by atoms with Crippen LogP contribution in [-0.4, -0.2) is 28.0 Å². The molecule has 0 amide bonds. The van der Waals surface area contributed by atoms with Crippen LogP contribution in [0.5, 0.6) is 0 Å². The van der Waals surface area contributed by atoms with Crippen LogP contribution in [0.1, 0.15) is 25.0 Å². The van der Waals surface area contributed by atoms with Crippen LogP contribution < -0.4 is 4.90 Å². The number of piperidine rings is 1. The maximum Gasteiger partial charge on any atom is 0.225 e. The Morgan fingerprint density at radius 3 is 2.23 bits per heavy atom. The summed E-state index contributed by atoms with van der Waals surface area (Å²) in [4.78, 5) is 17.7. The van der Waals surface area contributed by atoms with Crippen molar-refractivity contribution in [2.45, 2.75) is 26.2 Å². The number of thiazole rings is 1. The first-order valence-electron chi connectivity index (χ1n) is 10.5. The number of anilines is 1. The minimum absolute atomic E-state index is 0.841. The average Bonchev–Trinajstić information content (AvgIpc) is 3.22. The van der Waals surface area contributed by atoms with Crippen molar-refractivity contribution >= 4 is 17.3 Å². The molecule has 1 aliphatic rings. The lowest BCUT2D eigenvalue weighted by atomic mass is 10.0. The van der Waals surface area contributed by atoms with Crippen molar-refractivity contribution < 1.29 is 0 Å². The smallest absolute Gasteiger partial charge is 0.225 e. The van der Waals surface area contributed by atoms with Crippen LogP contribution >= 0.6 is 11.3 Å². The summed E-state index contributed by atoms with van der Waals surface area (Å²) in [5.41, 5.74) is 5.57. The number of aryl methyl sites for hydroxylation is 1. The summed E-state index contributed by atoms with van der Waals surface area (Å²) in [6.45, 7) is 4.16. The van der Waals surface area contributed by atoms with Crippen LogP contribution in [0.3, 0.4) is 0 Å². The second-order valence-corrected chi connectivity index (χ2v) is 8.67. The van der Waals surface area contributed by atoms with Gasteiger partial charge < -0.3 is 4.90 Å². The van der Waals surface area contributed by atoms with E-state index in [2.05, 4.69) is 65.3 Å². The molecular formula is C25H24N4S. The molecule has 1 aliphatic heterocycles. The molecule has 30 heavy (non-hydrogen) atoms. The van der Waals surface area contributed by atoms with Gasteiger partial charge in [-0.15, -0.1) is 11.3 Å². The maximum absolute atomic E-state index is 4.87. The predicted molar refractivity (Wildman–Crippen MR) is 125 cm³/mol. The normalized spacial score (nSPS) is 14.1. The SMILES string of the molecule is Cc1nc(-c2ccc(-c3ccccc3)cc2)sc1-c1ccnc(N2CCCCC2)n1. The number of benzene rings is 2. The summed E-state index contributed by atoms with van der Waals surface area (Å²) in [5, 5.41) is 1.03. The summed E-state index contributed by atoms with van der Waals surface area (Å²) in [5.74, 6) is 0.841. The highest BCUT2D eigenvalue weighted by molar-refractivity contribution is 7.18. The first-order chi connectivity index (χ1) is 14.8. The first-order valence-corrected chi connectivity index (χ1v) is 11.3. The molecule has 0 N–H and O–H groups in total. The van der Waals surface area contributed by atoms with E-state index < -0.39 is 0 Å². The standard InChI is InChI=1S/C25H24N4S/c1-18-23(22-14-15-26-25(28-22)29-16-6-3-7-17-29)30-24(27-18)21-12-10-20(11-13-21)19-8-4-2-5-9-19/h2,4-5,8-15H,3,6-7,16-17H2,1H3. The Balaban J connectivity index is 1.42. The fourth-order valence-electron chi connectivity index (χ4n) is 3.91. The van der Waals surface area contributed by atoms with E-state index in [1.807, 2.05) is 18.3 Å². The number of hydrogen-bond donors (Lipinski definition) is 0. The molecule has 0 atom stereocenters. The van der Waals surface area contributed by atoms with Gasteiger partial charge in [0.15, 0.2) is 0 Å². The van der Waals surface area contributed by atoms with Crippen LogP contribution in [0, 0.1) is 6.92 Å². The molecule has 4 nitrogen and oxygen atoms in total. The van der Waals surface area contributed by atoms with Crippen LogP contribution in [0.4, 0.5) is 5.95 Å². The fourth-order valence-corrected chi connectivity index (χ4v) is 4.96. The maximum atomic E-state index is 4.87. The van der Waals surface area contributed by atoms with Crippen LogP contribution in [0.25, 0.3) is 32.3 Å². The van der Waals surface area contributed by atoms with Gasteiger partial charge in [0, 0.05) is 24.8 Å². The molecular weight excluding hydrogens is 388 g/mol. The lowest BCUT2D eigenvalue weighted by Crippen LogP contribution is -2.30. The molecule has 0 spiro atoms. The third-order valence-corrected chi connectivity index (χ3v) is 6.78. The van der Waals surface area contributed by atoms with Crippen molar-refractivity contribution in [3.8, 4) is 32.3 Å². The highest BCUT2D eigenvalue weighted by Crippen LogP contribution is 2.35. The second-order valence-electron chi connectivity index (χ2n) is 7.67. The van der Waals surface area contributed by atoms with Gasteiger partial charge in [-0.3, -0.25) is 0 Å². The molecule has 2 aromatic heterocycles. The Morgan fingerprint density at radius 2 is 1.47 bits per heavy atom. The van der Waals surface area contributed by atoms with E-state index in [1.165, 1.54) is 30.4 Å². The number of hydrogen-bond acceptors (Lipinski definition) is 5. The van der Waals surface area contributed by atoms with Crippen LogP contribution in [0.15, 0.2) is 66.9 Å². The number of nitrogens with zero attached hydrogens (tertiary/aromatic N) is 4. The molecule has 0 saturated carbocycles. The van der Waals surface area contributed by atoms with Gasteiger partial charge >= 0.3 is 0 Å². The summed E-state index contributed by atoms with van der Waals surface area (Å²) < 4.78 is 0. The quantitative estimate of drug-likeness (QED) is 0.398. The highest BCUT2D eigenvalue weighted by Gasteiger charge is 2.17. The van der Waals surface area contributed by atoms with Crippen molar-refractivity contribution in [3.63, 3.8) is 0 Å². The molecule has 0 bridgehead atoms. The predicted octanol–water partition coefficient (Wildman–Crippen LogP) is 6.23. The average molecular weight is 413 g/mol. The highest BCUT2D eigenvalue weighted by atomic mass is 32.1. The minimum Gasteiger partial charge on any atom is -0.341 e. The molecule has 0 radical (unpaired) electrons. The summed E-state index contributed by atoms with van der Waals surface area (Å²) in [6.07, 6.45) is 5.61. The van der Waals surface area contributed by atoms with E-state index in [1.54, 1.807) is 11.3 Å². The third-order valence-electron chi connectivity index (χ3n) is 5.55. The second kappa shape index (κ2) is 8.36. The van der Waals surface area contributed by atoms with E-state index in [-0.39, 0.29) is 0 Å². The summed E-state index contributed by atoms with van der Waals surface area (Å²) in [7, 11) is 0. The Bertz CT molecular complexity index is 1130. The number of aromatic nitrogens is 3. The molecule has 1 fully saturated rings. The largest absolute Gasteiger partial charge is 0.341 e. The zero-order valence-corrected chi connectivity index (χ0v) is 17.9. The number of rotatable bonds is 4. The molecule has 1 saturated heterocycles. The lowest BCUT2D eigenvalue weighted by molar-refractivity contribution is 0.568. The Labute approximate surface area is 181 Å². The van der Waals surface area contributed by atoms with Crippen LogP contribution in [-0.2, 0) is 0 Å². The van der Waals surface area contributed by atoms with E-state index in [0.29, 0.717) is 0 Å². The Hall–Kier alpha value is -3.05. The van der Waals surface area contributed by atoms with Crippen molar-refractivity contribution in [1.82, 2.24) is 15.0 Å². The molecule has 3 heterocycles. The molecule has 0 unspecified atom stereocenters. The van der Waals surface area contributed by atoms with Crippen LogP contribution in [0.2, 0.25) is 0 Å². The molecule has 4 aromatic rings. The monoisotopic (exact) mass is 412 g/mol. The summed E-state index contributed by atoms with van der Waals surface area (Å²) >= 11 is 1.70. The first kappa shape index (κ1) is 18.9. The molecule has 150 valence electrons. The van der Waals surface area contributed by atoms with Gasteiger partial charge in [-0.2, -0.15) is 0 Å². The van der Waals surface area contributed by atoms with Crippen molar-refractivity contribution in [3.05, 3.63) is 72.6 Å². The Morgan fingerprint density at radius 1 is 0.767 bits per heavy atom. The lowest BCUT2D eigenvalue weighted by Gasteiger charge is -2.26. The third kappa shape index (κ3) is 3.85. The van der Waals surface area contributed by atoms with Crippen molar-refractivity contribution in [1.29, 1.82) is 0 Å².